The Morgan fingerprint density at radius 2 is 1.12 bits per heavy atom. The lowest BCUT2D eigenvalue weighted by Gasteiger charge is -2.28. The van der Waals surface area contributed by atoms with Gasteiger partial charge >= 0.3 is 0 Å². The SMILES string of the molecule is CCCNCC1CCC(CNCCC)CC1. The van der Waals surface area contributed by atoms with E-state index in [2.05, 4.69) is 24.5 Å². The van der Waals surface area contributed by atoms with E-state index in [0.29, 0.717) is 0 Å². The molecule has 0 spiro atoms. The Hall–Kier alpha value is -0.0800. The van der Waals surface area contributed by atoms with E-state index in [9.17, 15) is 0 Å². The lowest BCUT2D eigenvalue weighted by molar-refractivity contribution is 0.262. The molecule has 2 N–H and O–H groups in total. The third-order valence-electron chi connectivity index (χ3n) is 3.69. The van der Waals surface area contributed by atoms with Gasteiger partial charge in [0.05, 0.1) is 0 Å². The molecule has 0 saturated heterocycles. The Balaban J connectivity index is 2.00. The topological polar surface area (TPSA) is 24.1 Å². The van der Waals surface area contributed by atoms with Crippen LogP contribution >= 0.6 is 0 Å². The standard InChI is InChI=1S/C14H30N2/c1-3-9-15-11-13-5-7-14(8-6-13)12-16-10-4-2/h13-16H,3-12H2,1-2H3. The molecule has 2 nitrogen and oxygen atoms in total. The molecule has 0 aromatic heterocycles. The Labute approximate surface area is 102 Å². The van der Waals surface area contributed by atoms with Crippen molar-refractivity contribution in [2.75, 3.05) is 26.2 Å². The molecule has 0 radical (unpaired) electrons. The number of hydrogen-bond acceptors (Lipinski definition) is 2. The van der Waals surface area contributed by atoms with Crippen LogP contribution in [0, 0.1) is 11.8 Å². The van der Waals surface area contributed by atoms with Crippen LogP contribution in [0.25, 0.3) is 0 Å². The van der Waals surface area contributed by atoms with Crippen molar-refractivity contribution in [3.05, 3.63) is 0 Å². The van der Waals surface area contributed by atoms with E-state index < -0.39 is 0 Å². The third kappa shape index (κ3) is 5.86. The van der Waals surface area contributed by atoms with Crippen LogP contribution in [0.4, 0.5) is 0 Å². The first kappa shape index (κ1) is 14.0. The summed E-state index contributed by atoms with van der Waals surface area (Å²) in [6.45, 7) is 9.37. The van der Waals surface area contributed by atoms with Crippen molar-refractivity contribution in [3.63, 3.8) is 0 Å². The number of hydrogen-bond donors (Lipinski definition) is 2. The zero-order valence-electron chi connectivity index (χ0n) is 11.2. The molecule has 0 atom stereocenters. The minimum Gasteiger partial charge on any atom is -0.316 e. The van der Waals surface area contributed by atoms with Gasteiger partial charge in [-0.3, -0.25) is 0 Å². The van der Waals surface area contributed by atoms with E-state index in [1.54, 1.807) is 0 Å². The highest BCUT2D eigenvalue weighted by molar-refractivity contribution is 4.75. The molecule has 96 valence electrons. The second kappa shape index (κ2) is 9.00. The minimum absolute atomic E-state index is 0.953. The summed E-state index contributed by atoms with van der Waals surface area (Å²) in [5.74, 6) is 1.91. The molecular weight excluding hydrogens is 196 g/mol. The highest BCUT2D eigenvalue weighted by atomic mass is 14.9. The summed E-state index contributed by atoms with van der Waals surface area (Å²) in [6.07, 6.45) is 8.28. The monoisotopic (exact) mass is 226 g/mol. The van der Waals surface area contributed by atoms with E-state index in [0.717, 1.165) is 11.8 Å². The maximum absolute atomic E-state index is 3.56. The van der Waals surface area contributed by atoms with Crippen LogP contribution in [-0.2, 0) is 0 Å². The molecule has 0 aromatic rings. The van der Waals surface area contributed by atoms with Gasteiger partial charge in [-0.25, -0.2) is 0 Å². The summed E-state index contributed by atoms with van der Waals surface area (Å²) in [7, 11) is 0. The van der Waals surface area contributed by atoms with Crippen molar-refractivity contribution in [2.24, 2.45) is 11.8 Å². The molecule has 1 aliphatic carbocycles. The second-order valence-corrected chi connectivity index (χ2v) is 5.29. The molecule has 0 heterocycles. The van der Waals surface area contributed by atoms with Gasteiger partial charge in [0, 0.05) is 0 Å². The van der Waals surface area contributed by atoms with Gasteiger partial charge in [-0.05, 0) is 76.5 Å². The highest BCUT2D eigenvalue weighted by Gasteiger charge is 2.20. The smallest absolute Gasteiger partial charge is 0.00205 e. The molecule has 0 unspecified atom stereocenters. The van der Waals surface area contributed by atoms with Gasteiger partial charge in [0.25, 0.3) is 0 Å². The number of nitrogens with one attached hydrogen (secondary N) is 2. The Kier molecular flexibility index (Phi) is 7.87. The molecular formula is C14H30N2. The molecule has 1 rings (SSSR count). The Morgan fingerprint density at radius 1 is 0.750 bits per heavy atom. The van der Waals surface area contributed by atoms with Crippen LogP contribution in [-0.4, -0.2) is 26.2 Å². The molecule has 0 bridgehead atoms. The molecule has 1 saturated carbocycles. The molecule has 1 aliphatic rings. The van der Waals surface area contributed by atoms with Crippen molar-refractivity contribution < 1.29 is 0 Å². The van der Waals surface area contributed by atoms with Gasteiger partial charge in [-0.2, -0.15) is 0 Å². The average molecular weight is 226 g/mol. The van der Waals surface area contributed by atoms with E-state index in [1.807, 2.05) is 0 Å². The Bertz CT molecular complexity index is 133. The van der Waals surface area contributed by atoms with E-state index in [1.165, 1.54) is 64.7 Å². The first-order valence-electron chi connectivity index (χ1n) is 7.28. The van der Waals surface area contributed by atoms with Crippen molar-refractivity contribution in [1.82, 2.24) is 10.6 Å². The minimum atomic E-state index is 0.953. The van der Waals surface area contributed by atoms with Crippen molar-refractivity contribution in [1.29, 1.82) is 0 Å². The van der Waals surface area contributed by atoms with Gasteiger partial charge in [-0.1, -0.05) is 13.8 Å². The maximum Gasteiger partial charge on any atom is -0.00205 e. The summed E-state index contributed by atoms with van der Waals surface area (Å²) >= 11 is 0. The Morgan fingerprint density at radius 3 is 1.44 bits per heavy atom. The van der Waals surface area contributed by atoms with Gasteiger partial charge < -0.3 is 10.6 Å². The highest BCUT2D eigenvalue weighted by Crippen LogP contribution is 2.27. The first-order chi connectivity index (χ1) is 7.86. The summed E-state index contributed by atoms with van der Waals surface area (Å²) in [5, 5.41) is 7.11. The van der Waals surface area contributed by atoms with Crippen molar-refractivity contribution in [2.45, 2.75) is 52.4 Å². The van der Waals surface area contributed by atoms with Crippen LogP contribution in [0.3, 0.4) is 0 Å². The molecule has 2 heteroatoms. The van der Waals surface area contributed by atoms with Crippen LogP contribution < -0.4 is 10.6 Å². The predicted octanol–water partition coefficient (Wildman–Crippen LogP) is 2.79. The molecule has 0 amide bonds. The van der Waals surface area contributed by atoms with Gasteiger partial charge in [0.2, 0.25) is 0 Å². The largest absolute Gasteiger partial charge is 0.316 e. The second-order valence-electron chi connectivity index (χ2n) is 5.29. The van der Waals surface area contributed by atoms with Crippen LogP contribution in [0.5, 0.6) is 0 Å². The van der Waals surface area contributed by atoms with Crippen LogP contribution in [0.1, 0.15) is 52.4 Å². The summed E-state index contributed by atoms with van der Waals surface area (Å²) in [4.78, 5) is 0. The zero-order chi connectivity index (χ0) is 11.6. The quantitative estimate of drug-likeness (QED) is 0.622. The maximum atomic E-state index is 3.56. The zero-order valence-corrected chi connectivity index (χ0v) is 11.2. The fourth-order valence-corrected chi connectivity index (χ4v) is 2.61. The normalized spacial score (nSPS) is 25.9. The van der Waals surface area contributed by atoms with E-state index in [4.69, 9.17) is 0 Å². The molecule has 1 fully saturated rings. The van der Waals surface area contributed by atoms with Gasteiger partial charge in [0.15, 0.2) is 0 Å². The molecule has 0 aliphatic heterocycles. The average Bonchev–Trinajstić information content (AvgIpc) is 2.32. The van der Waals surface area contributed by atoms with E-state index >= 15 is 0 Å². The lowest BCUT2D eigenvalue weighted by Crippen LogP contribution is -2.31. The fourth-order valence-electron chi connectivity index (χ4n) is 2.61. The molecule has 16 heavy (non-hydrogen) atoms. The number of rotatable bonds is 8. The first-order valence-corrected chi connectivity index (χ1v) is 7.28. The van der Waals surface area contributed by atoms with Crippen LogP contribution in [0.15, 0.2) is 0 Å². The van der Waals surface area contributed by atoms with Crippen LogP contribution in [0.2, 0.25) is 0 Å². The third-order valence-corrected chi connectivity index (χ3v) is 3.69. The van der Waals surface area contributed by atoms with Crippen molar-refractivity contribution >= 4 is 0 Å². The summed E-state index contributed by atoms with van der Waals surface area (Å²) < 4.78 is 0. The van der Waals surface area contributed by atoms with Gasteiger partial charge in [-0.15, -0.1) is 0 Å². The lowest BCUT2D eigenvalue weighted by atomic mass is 9.82. The summed E-state index contributed by atoms with van der Waals surface area (Å²) in [6, 6.07) is 0. The molecule has 0 aromatic carbocycles. The summed E-state index contributed by atoms with van der Waals surface area (Å²) in [5.41, 5.74) is 0. The van der Waals surface area contributed by atoms with E-state index in [-0.39, 0.29) is 0 Å². The fraction of sp³-hybridized carbons (Fsp3) is 1.00. The predicted molar refractivity (Wildman–Crippen MR) is 71.8 cm³/mol. The van der Waals surface area contributed by atoms with Gasteiger partial charge in [0.1, 0.15) is 0 Å². The van der Waals surface area contributed by atoms with Crippen molar-refractivity contribution in [3.8, 4) is 0 Å².